The van der Waals surface area contributed by atoms with Gasteiger partial charge in [-0.1, -0.05) is 15.9 Å². The summed E-state index contributed by atoms with van der Waals surface area (Å²) in [6.07, 6.45) is 0.394. The fourth-order valence-electron chi connectivity index (χ4n) is 3.13. The molecule has 9 heteroatoms. The highest BCUT2D eigenvalue weighted by Gasteiger charge is 2.37. The molecule has 0 spiro atoms. The first-order valence-corrected chi connectivity index (χ1v) is 10.4. The van der Waals surface area contributed by atoms with Gasteiger partial charge in [0.1, 0.15) is 0 Å². The number of benzene rings is 1. The molecule has 2 aliphatic heterocycles. The standard InChI is InChI=1S/C16H17BrN2O5S/c1-18(11-5-7-25(23,24)9-11)14(20)4-6-19-15(21)12-3-2-10(17)8-13(12)16(19)22/h2-3,8,11H,4-7,9H2,1H3/t11-/m0/s1. The van der Waals surface area contributed by atoms with E-state index in [0.717, 1.165) is 4.90 Å². The second-order valence-electron chi connectivity index (χ2n) is 6.26. The summed E-state index contributed by atoms with van der Waals surface area (Å²) in [7, 11) is -1.52. The van der Waals surface area contributed by atoms with Crippen molar-refractivity contribution in [2.45, 2.75) is 18.9 Å². The molecule has 0 N–H and O–H groups in total. The highest BCUT2D eigenvalue weighted by Crippen LogP contribution is 2.26. The van der Waals surface area contributed by atoms with Crippen LogP contribution in [0.25, 0.3) is 0 Å². The number of fused-ring (bicyclic) bond motifs is 1. The number of carbonyl (C=O) groups excluding carboxylic acids is 3. The van der Waals surface area contributed by atoms with Gasteiger partial charge in [-0.2, -0.15) is 0 Å². The number of sulfone groups is 1. The third-order valence-electron chi connectivity index (χ3n) is 4.63. The third kappa shape index (κ3) is 3.48. The normalized spacial score (nSPS) is 21.5. The van der Waals surface area contributed by atoms with Gasteiger partial charge in [-0.25, -0.2) is 8.42 Å². The van der Waals surface area contributed by atoms with Gasteiger partial charge in [0.25, 0.3) is 11.8 Å². The van der Waals surface area contributed by atoms with Crippen LogP contribution in [0.5, 0.6) is 0 Å². The molecule has 2 heterocycles. The van der Waals surface area contributed by atoms with Gasteiger partial charge in [0.05, 0.1) is 22.6 Å². The van der Waals surface area contributed by atoms with Crippen molar-refractivity contribution in [2.75, 3.05) is 25.1 Å². The summed E-state index contributed by atoms with van der Waals surface area (Å²) in [5.74, 6) is -1.05. The monoisotopic (exact) mass is 428 g/mol. The summed E-state index contributed by atoms with van der Waals surface area (Å²) >= 11 is 3.27. The number of hydrogen-bond acceptors (Lipinski definition) is 5. The Morgan fingerprint density at radius 1 is 1.28 bits per heavy atom. The van der Waals surface area contributed by atoms with E-state index in [1.165, 1.54) is 4.90 Å². The van der Waals surface area contributed by atoms with Crippen LogP contribution >= 0.6 is 15.9 Å². The molecule has 0 radical (unpaired) electrons. The lowest BCUT2D eigenvalue weighted by molar-refractivity contribution is -0.131. The predicted octanol–water partition coefficient (Wildman–Crippen LogP) is 1.08. The zero-order valence-corrected chi connectivity index (χ0v) is 16.0. The number of hydrogen-bond donors (Lipinski definition) is 0. The third-order valence-corrected chi connectivity index (χ3v) is 6.88. The van der Waals surface area contributed by atoms with E-state index in [4.69, 9.17) is 0 Å². The van der Waals surface area contributed by atoms with Crippen molar-refractivity contribution in [3.63, 3.8) is 0 Å². The van der Waals surface area contributed by atoms with Crippen LogP contribution in [-0.4, -0.2) is 67.1 Å². The summed E-state index contributed by atoms with van der Waals surface area (Å²) in [4.78, 5) is 39.5. The van der Waals surface area contributed by atoms with Crippen LogP contribution in [0.2, 0.25) is 0 Å². The molecule has 0 aromatic heterocycles. The maximum Gasteiger partial charge on any atom is 0.261 e. The molecule has 0 saturated carbocycles. The van der Waals surface area contributed by atoms with Gasteiger partial charge < -0.3 is 4.90 Å². The fraction of sp³-hybridized carbons (Fsp3) is 0.438. The first-order valence-electron chi connectivity index (χ1n) is 7.81. The van der Waals surface area contributed by atoms with Crippen LogP contribution in [0.3, 0.4) is 0 Å². The van der Waals surface area contributed by atoms with Crippen molar-refractivity contribution >= 4 is 43.5 Å². The van der Waals surface area contributed by atoms with Crippen molar-refractivity contribution in [1.82, 2.24) is 9.80 Å². The van der Waals surface area contributed by atoms with E-state index < -0.39 is 21.7 Å². The van der Waals surface area contributed by atoms with E-state index in [0.29, 0.717) is 22.0 Å². The Morgan fingerprint density at radius 2 is 1.96 bits per heavy atom. The number of imide groups is 1. The SMILES string of the molecule is CN(C(=O)CCN1C(=O)c2ccc(Br)cc2C1=O)[C@H]1CCS(=O)(=O)C1. The molecular formula is C16H17BrN2O5S. The van der Waals surface area contributed by atoms with E-state index >= 15 is 0 Å². The van der Waals surface area contributed by atoms with E-state index in [-0.39, 0.29) is 36.4 Å². The van der Waals surface area contributed by atoms with Crippen LogP contribution in [0.15, 0.2) is 22.7 Å². The first kappa shape index (κ1) is 18.1. The zero-order valence-electron chi connectivity index (χ0n) is 13.6. The van der Waals surface area contributed by atoms with Crippen molar-refractivity contribution in [2.24, 2.45) is 0 Å². The number of nitrogens with zero attached hydrogens (tertiary/aromatic N) is 2. The average molecular weight is 429 g/mol. The van der Waals surface area contributed by atoms with Crippen molar-refractivity contribution in [1.29, 1.82) is 0 Å². The number of halogens is 1. The van der Waals surface area contributed by atoms with Crippen LogP contribution in [0, 0.1) is 0 Å². The molecule has 2 aliphatic rings. The minimum absolute atomic E-state index is 0.0212. The molecule has 1 aromatic rings. The Bertz CT molecular complexity index is 867. The highest BCUT2D eigenvalue weighted by molar-refractivity contribution is 9.10. The molecule has 1 aromatic carbocycles. The zero-order chi connectivity index (χ0) is 18.4. The molecule has 134 valence electrons. The van der Waals surface area contributed by atoms with E-state index in [1.807, 2.05) is 0 Å². The lowest BCUT2D eigenvalue weighted by atomic mass is 10.1. The van der Waals surface area contributed by atoms with Gasteiger partial charge >= 0.3 is 0 Å². The Balaban J connectivity index is 1.63. The molecule has 0 aliphatic carbocycles. The molecule has 1 saturated heterocycles. The lowest BCUT2D eigenvalue weighted by Gasteiger charge is -2.24. The second-order valence-corrected chi connectivity index (χ2v) is 9.41. The molecule has 3 amide bonds. The molecule has 1 fully saturated rings. The number of carbonyl (C=O) groups is 3. The fourth-order valence-corrected chi connectivity index (χ4v) is 5.27. The first-order chi connectivity index (χ1) is 11.7. The van der Waals surface area contributed by atoms with Gasteiger partial charge in [-0.05, 0) is 24.6 Å². The van der Waals surface area contributed by atoms with Crippen LogP contribution < -0.4 is 0 Å². The molecule has 25 heavy (non-hydrogen) atoms. The Hall–Kier alpha value is -1.74. The summed E-state index contributed by atoms with van der Waals surface area (Å²) in [6, 6.07) is 4.52. The van der Waals surface area contributed by atoms with Gasteiger partial charge in [-0.3, -0.25) is 19.3 Å². The molecule has 0 unspecified atom stereocenters. The summed E-state index contributed by atoms with van der Waals surface area (Å²) in [5, 5.41) is 0. The second kappa shape index (κ2) is 6.53. The van der Waals surface area contributed by atoms with Crippen molar-refractivity contribution in [3.8, 4) is 0 Å². The van der Waals surface area contributed by atoms with E-state index in [9.17, 15) is 22.8 Å². The maximum atomic E-state index is 12.4. The molecule has 7 nitrogen and oxygen atoms in total. The summed E-state index contributed by atoms with van der Waals surface area (Å²) in [5.41, 5.74) is 0.651. The average Bonchev–Trinajstić information content (AvgIpc) is 3.03. The van der Waals surface area contributed by atoms with Gasteiger partial charge in [0, 0.05) is 30.5 Å². The van der Waals surface area contributed by atoms with Gasteiger partial charge in [0.2, 0.25) is 5.91 Å². The topological polar surface area (TPSA) is 91.8 Å². The quantitative estimate of drug-likeness (QED) is 0.669. The highest BCUT2D eigenvalue weighted by atomic mass is 79.9. The number of rotatable bonds is 4. The van der Waals surface area contributed by atoms with Gasteiger partial charge in [-0.15, -0.1) is 0 Å². The largest absolute Gasteiger partial charge is 0.342 e. The van der Waals surface area contributed by atoms with Crippen molar-refractivity contribution < 1.29 is 22.8 Å². The number of amides is 3. The lowest BCUT2D eigenvalue weighted by Crippen LogP contribution is -2.40. The van der Waals surface area contributed by atoms with Crippen LogP contribution in [-0.2, 0) is 14.6 Å². The summed E-state index contributed by atoms with van der Waals surface area (Å²) in [6.45, 7) is -0.0212. The Morgan fingerprint density at radius 3 is 2.60 bits per heavy atom. The van der Waals surface area contributed by atoms with Gasteiger partial charge in [0.15, 0.2) is 9.84 Å². The maximum absolute atomic E-state index is 12.4. The molecule has 0 bridgehead atoms. The van der Waals surface area contributed by atoms with Crippen LogP contribution in [0.1, 0.15) is 33.6 Å². The van der Waals surface area contributed by atoms with E-state index in [2.05, 4.69) is 15.9 Å². The minimum atomic E-state index is -3.08. The molecule has 1 atom stereocenters. The van der Waals surface area contributed by atoms with E-state index in [1.54, 1.807) is 25.2 Å². The Labute approximate surface area is 154 Å². The minimum Gasteiger partial charge on any atom is -0.342 e. The predicted molar refractivity (Wildman–Crippen MR) is 94.0 cm³/mol. The Kier molecular flexibility index (Phi) is 4.72. The molecule has 3 rings (SSSR count). The van der Waals surface area contributed by atoms with Crippen molar-refractivity contribution in [3.05, 3.63) is 33.8 Å². The molecular weight excluding hydrogens is 412 g/mol. The van der Waals surface area contributed by atoms with Crippen LogP contribution in [0.4, 0.5) is 0 Å². The summed E-state index contributed by atoms with van der Waals surface area (Å²) < 4.78 is 23.8. The smallest absolute Gasteiger partial charge is 0.261 e.